The monoisotopic (exact) mass is 291 g/mol. The molecule has 2 rings (SSSR count). The van der Waals surface area contributed by atoms with Gasteiger partial charge in [0.15, 0.2) is 5.16 Å². The van der Waals surface area contributed by atoms with E-state index >= 15 is 0 Å². The Morgan fingerprint density at radius 1 is 1.40 bits per heavy atom. The fraction of sp³-hybridized carbons (Fsp3) is 0.154. The van der Waals surface area contributed by atoms with E-state index in [1.54, 1.807) is 19.1 Å². The molecule has 0 aliphatic heterocycles. The number of hydrogen-bond donors (Lipinski definition) is 2. The second-order valence-electron chi connectivity index (χ2n) is 4.04. The largest absolute Gasteiger partial charge is 0.465 e. The van der Waals surface area contributed by atoms with E-state index in [2.05, 4.69) is 9.97 Å². The molecule has 2 aromatic rings. The number of hydrogen-bond acceptors (Lipinski definition) is 6. The molecular weight excluding hydrogens is 278 g/mol. The highest BCUT2D eigenvalue weighted by Gasteiger charge is 2.14. The van der Waals surface area contributed by atoms with Gasteiger partial charge < -0.3 is 15.5 Å². The van der Waals surface area contributed by atoms with Gasteiger partial charge in [-0.1, -0.05) is 11.8 Å². The maximum Gasteiger partial charge on any atom is 0.339 e. The molecule has 1 heterocycles. The van der Waals surface area contributed by atoms with Gasteiger partial charge >= 0.3 is 5.97 Å². The Morgan fingerprint density at radius 3 is 2.80 bits per heavy atom. The molecule has 0 aliphatic rings. The van der Waals surface area contributed by atoms with Crippen LogP contribution in [0.4, 0.5) is 5.69 Å². The molecule has 0 fully saturated rings. The van der Waals surface area contributed by atoms with Gasteiger partial charge in [0, 0.05) is 22.3 Å². The van der Waals surface area contributed by atoms with Crippen molar-refractivity contribution in [3.05, 3.63) is 45.9 Å². The smallest absolute Gasteiger partial charge is 0.339 e. The zero-order valence-electron chi connectivity index (χ0n) is 11.0. The van der Waals surface area contributed by atoms with Crippen molar-refractivity contribution >= 4 is 23.4 Å². The lowest BCUT2D eigenvalue weighted by molar-refractivity contribution is 0.0597. The molecule has 0 bridgehead atoms. The minimum absolute atomic E-state index is 0.241. The predicted molar refractivity (Wildman–Crippen MR) is 75.9 cm³/mol. The fourth-order valence-corrected chi connectivity index (χ4v) is 2.55. The van der Waals surface area contributed by atoms with Gasteiger partial charge in [-0.15, -0.1) is 0 Å². The molecule has 0 radical (unpaired) electrons. The molecule has 0 amide bonds. The number of esters is 1. The predicted octanol–water partition coefficient (Wildman–Crippen LogP) is 1.60. The topological polar surface area (TPSA) is 98.1 Å². The van der Waals surface area contributed by atoms with Crippen LogP contribution in [0.15, 0.2) is 39.1 Å². The molecular formula is C13H13N3O3S. The number of nitrogen functional groups attached to an aromatic ring is 1. The number of aromatic nitrogens is 2. The Bertz CT molecular complexity index is 712. The second-order valence-corrected chi connectivity index (χ2v) is 5.07. The van der Waals surface area contributed by atoms with E-state index in [1.807, 2.05) is 0 Å². The van der Waals surface area contributed by atoms with E-state index in [-0.39, 0.29) is 5.56 Å². The number of ether oxygens (including phenoxy) is 1. The van der Waals surface area contributed by atoms with Crippen LogP contribution in [-0.4, -0.2) is 23.0 Å². The number of carbonyl (C=O) groups excluding carboxylic acids is 1. The first-order chi connectivity index (χ1) is 9.49. The highest BCUT2D eigenvalue weighted by atomic mass is 32.2. The summed E-state index contributed by atoms with van der Waals surface area (Å²) in [4.78, 5) is 30.6. The minimum atomic E-state index is -0.491. The van der Waals surface area contributed by atoms with Crippen LogP contribution in [0.1, 0.15) is 16.1 Å². The van der Waals surface area contributed by atoms with Gasteiger partial charge in [-0.2, -0.15) is 0 Å². The second kappa shape index (κ2) is 5.79. The van der Waals surface area contributed by atoms with Crippen molar-refractivity contribution in [1.82, 2.24) is 9.97 Å². The maximum absolute atomic E-state index is 11.7. The van der Waals surface area contributed by atoms with Gasteiger partial charge in [0.2, 0.25) is 0 Å². The molecule has 1 aromatic heterocycles. The molecule has 0 spiro atoms. The van der Waals surface area contributed by atoms with Gasteiger partial charge in [-0.25, -0.2) is 9.78 Å². The minimum Gasteiger partial charge on any atom is -0.465 e. The zero-order valence-corrected chi connectivity index (χ0v) is 11.8. The molecule has 104 valence electrons. The third kappa shape index (κ3) is 3.18. The number of nitrogens with zero attached hydrogens (tertiary/aromatic N) is 1. The number of nitrogens with one attached hydrogen (secondary N) is 1. The summed E-state index contributed by atoms with van der Waals surface area (Å²) in [7, 11) is 1.30. The molecule has 1 aromatic carbocycles. The van der Waals surface area contributed by atoms with Crippen molar-refractivity contribution in [3.8, 4) is 0 Å². The maximum atomic E-state index is 11.7. The summed E-state index contributed by atoms with van der Waals surface area (Å²) < 4.78 is 4.72. The summed E-state index contributed by atoms with van der Waals surface area (Å²) in [6.45, 7) is 1.73. The van der Waals surface area contributed by atoms with Crippen LogP contribution in [0.25, 0.3) is 0 Å². The van der Waals surface area contributed by atoms with Crippen LogP contribution in [0.2, 0.25) is 0 Å². The third-order valence-corrected chi connectivity index (χ3v) is 3.43. The Hall–Kier alpha value is -2.28. The van der Waals surface area contributed by atoms with Gasteiger partial charge in [0.1, 0.15) is 0 Å². The van der Waals surface area contributed by atoms with Crippen molar-refractivity contribution in [3.63, 3.8) is 0 Å². The average molecular weight is 291 g/mol. The standard InChI is InChI=1S/C13H13N3O3S/c1-7-5-11(17)16-13(15-7)20-10-4-3-8(14)6-9(10)12(18)19-2/h3-6H,14H2,1-2H3,(H,15,16,17). The molecule has 6 nitrogen and oxygen atoms in total. The number of anilines is 1. The highest BCUT2D eigenvalue weighted by Crippen LogP contribution is 2.29. The number of rotatable bonds is 3. The molecule has 20 heavy (non-hydrogen) atoms. The first-order valence-electron chi connectivity index (χ1n) is 5.73. The number of carbonyl (C=O) groups is 1. The summed E-state index contributed by atoms with van der Waals surface area (Å²) in [5.41, 5.74) is 6.83. The van der Waals surface area contributed by atoms with Crippen molar-refractivity contribution in [2.75, 3.05) is 12.8 Å². The Kier molecular flexibility index (Phi) is 4.09. The number of methoxy groups -OCH3 is 1. The van der Waals surface area contributed by atoms with Crippen molar-refractivity contribution in [2.24, 2.45) is 0 Å². The van der Waals surface area contributed by atoms with Crippen molar-refractivity contribution in [2.45, 2.75) is 17.0 Å². The molecule has 0 saturated heterocycles. The third-order valence-electron chi connectivity index (χ3n) is 2.46. The molecule has 0 saturated carbocycles. The molecule has 7 heteroatoms. The van der Waals surface area contributed by atoms with E-state index in [9.17, 15) is 9.59 Å². The number of H-pyrrole nitrogens is 1. The fourth-order valence-electron chi connectivity index (χ4n) is 1.61. The first kappa shape index (κ1) is 14.1. The Balaban J connectivity index is 2.42. The van der Waals surface area contributed by atoms with Gasteiger partial charge in [-0.05, 0) is 25.1 Å². The SMILES string of the molecule is COC(=O)c1cc(N)ccc1Sc1nc(C)cc(=O)[nH]1. The number of nitrogens with two attached hydrogens (primary N) is 1. The van der Waals surface area contributed by atoms with Crippen LogP contribution in [0.5, 0.6) is 0 Å². The summed E-state index contributed by atoms with van der Waals surface area (Å²) in [6.07, 6.45) is 0. The number of aryl methyl sites for hydroxylation is 1. The van der Waals surface area contributed by atoms with Crippen LogP contribution in [0, 0.1) is 6.92 Å². The molecule has 3 N–H and O–H groups in total. The Morgan fingerprint density at radius 2 is 2.15 bits per heavy atom. The quantitative estimate of drug-likeness (QED) is 0.506. The summed E-state index contributed by atoms with van der Waals surface area (Å²) in [6, 6.07) is 6.29. The van der Waals surface area contributed by atoms with E-state index in [0.29, 0.717) is 27.0 Å². The molecule has 0 unspecified atom stereocenters. The van der Waals surface area contributed by atoms with E-state index in [1.165, 1.54) is 31.0 Å². The van der Waals surface area contributed by atoms with E-state index in [4.69, 9.17) is 10.5 Å². The summed E-state index contributed by atoms with van der Waals surface area (Å²) in [5.74, 6) is -0.491. The normalized spacial score (nSPS) is 10.3. The molecule has 0 atom stereocenters. The van der Waals surface area contributed by atoms with E-state index in [0.717, 1.165) is 0 Å². The van der Waals surface area contributed by atoms with Crippen molar-refractivity contribution < 1.29 is 9.53 Å². The Labute approximate surface area is 119 Å². The molecule has 0 aliphatic carbocycles. The van der Waals surface area contributed by atoms with Gasteiger partial charge in [0.05, 0.1) is 12.7 Å². The number of benzene rings is 1. The van der Waals surface area contributed by atoms with Gasteiger partial charge in [-0.3, -0.25) is 4.79 Å². The lowest BCUT2D eigenvalue weighted by Crippen LogP contribution is -2.09. The van der Waals surface area contributed by atoms with Crippen LogP contribution >= 0.6 is 11.8 Å². The summed E-state index contributed by atoms with van der Waals surface area (Å²) >= 11 is 1.17. The highest BCUT2D eigenvalue weighted by molar-refractivity contribution is 7.99. The summed E-state index contributed by atoms with van der Waals surface area (Å²) in [5, 5.41) is 0.407. The van der Waals surface area contributed by atoms with Crippen LogP contribution in [0.3, 0.4) is 0 Å². The zero-order chi connectivity index (χ0) is 14.7. The van der Waals surface area contributed by atoms with Gasteiger partial charge in [0.25, 0.3) is 5.56 Å². The lowest BCUT2D eigenvalue weighted by atomic mass is 10.2. The first-order valence-corrected chi connectivity index (χ1v) is 6.55. The van der Waals surface area contributed by atoms with E-state index < -0.39 is 5.97 Å². The van der Waals surface area contributed by atoms with Crippen LogP contribution in [-0.2, 0) is 4.74 Å². The van der Waals surface area contributed by atoms with Crippen molar-refractivity contribution in [1.29, 1.82) is 0 Å². The lowest BCUT2D eigenvalue weighted by Gasteiger charge is -2.08. The number of aromatic amines is 1. The van der Waals surface area contributed by atoms with Crippen LogP contribution < -0.4 is 11.3 Å². The average Bonchev–Trinajstić information content (AvgIpc) is 2.38.